The number of fused-ring (bicyclic) bond motifs is 1. The zero-order valence-corrected chi connectivity index (χ0v) is 24.1. The van der Waals surface area contributed by atoms with Crippen LogP contribution in [0.1, 0.15) is 26.7 Å². The number of rotatable bonds is 12. The second kappa shape index (κ2) is 13.8. The van der Waals surface area contributed by atoms with E-state index in [4.69, 9.17) is 11.6 Å². The molecule has 35 heavy (non-hydrogen) atoms. The maximum absolute atomic E-state index is 13.3. The zero-order chi connectivity index (χ0) is 24.7. The second-order valence-electron chi connectivity index (χ2n) is 7.85. The molecule has 1 aromatic heterocycles. The number of thioether (sulfide) groups is 1. The highest BCUT2D eigenvalue weighted by Gasteiger charge is 2.22. The van der Waals surface area contributed by atoms with Crippen molar-refractivity contribution >= 4 is 78.2 Å². The Bertz CT molecular complexity index is 1210. The Morgan fingerprint density at radius 2 is 1.77 bits per heavy atom. The van der Waals surface area contributed by atoms with E-state index < -0.39 is 9.84 Å². The van der Waals surface area contributed by atoms with Gasteiger partial charge in [0, 0.05) is 35.7 Å². The van der Waals surface area contributed by atoms with E-state index in [-0.39, 0.29) is 23.2 Å². The Balaban J connectivity index is 0.00000432. The number of carbonyl (C=O) groups excluding carboxylic acids is 1. The second-order valence-corrected chi connectivity index (χ2v) is 12.4. The molecular weight excluding hydrogens is 545 g/mol. The fraction of sp³-hybridized carbons (Fsp3) is 0.417. The first-order valence-electron chi connectivity index (χ1n) is 11.2. The lowest BCUT2D eigenvalue weighted by atomic mass is 10.3. The van der Waals surface area contributed by atoms with Crippen molar-refractivity contribution in [1.82, 2.24) is 9.88 Å². The molecule has 3 rings (SSSR count). The largest absolute Gasteiger partial charge is 0.302 e. The molecule has 1 heterocycles. The SMILES string of the molecule is CCN(CC)CCN(C(=O)CCCSc1ccc(Cl)cc1)c1nc2c(S(C)(=O)=O)cccc2s1.Cl. The van der Waals surface area contributed by atoms with Gasteiger partial charge in [-0.25, -0.2) is 13.4 Å². The third-order valence-corrected chi connectivity index (χ3v) is 8.98. The molecule has 0 aliphatic rings. The maximum Gasteiger partial charge on any atom is 0.228 e. The summed E-state index contributed by atoms with van der Waals surface area (Å²) in [6.45, 7) is 7.23. The average molecular weight is 577 g/mol. The van der Waals surface area contributed by atoms with Gasteiger partial charge in [0.25, 0.3) is 0 Å². The molecule has 6 nitrogen and oxygen atoms in total. The van der Waals surface area contributed by atoms with E-state index >= 15 is 0 Å². The van der Waals surface area contributed by atoms with Gasteiger partial charge in [0.2, 0.25) is 5.91 Å². The number of aromatic nitrogens is 1. The fourth-order valence-electron chi connectivity index (χ4n) is 3.51. The van der Waals surface area contributed by atoms with Crippen LogP contribution in [0, 0.1) is 0 Å². The Morgan fingerprint density at radius 1 is 1.09 bits per heavy atom. The molecule has 0 bridgehead atoms. The molecule has 0 aliphatic carbocycles. The summed E-state index contributed by atoms with van der Waals surface area (Å²) in [6, 6.07) is 12.8. The van der Waals surface area contributed by atoms with Crippen LogP contribution in [-0.2, 0) is 14.6 Å². The first-order valence-corrected chi connectivity index (χ1v) is 15.3. The van der Waals surface area contributed by atoms with Crippen molar-refractivity contribution in [2.24, 2.45) is 0 Å². The maximum atomic E-state index is 13.3. The first-order chi connectivity index (χ1) is 16.2. The monoisotopic (exact) mass is 575 g/mol. The Hall–Kier alpha value is -1.36. The van der Waals surface area contributed by atoms with Crippen LogP contribution in [-0.4, -0.2) is 62.4 Å². The topological polar surface area (TPSA) is 70.6 Å². The van der Waals surface area contributed by atoms with Gasteiger partial charge in [-0.3, -0.25) is 9.69 Å². The van der Waals surface area contributed by atoms with Gasteiger partial charge >= 0.3 is 0 Å². The van der Waals surface area contributed by atoms with E-state index in [1.54, 1.807) is 28.8 Å². The van der Waals surface area contributed by atoms with Crippen molar-refractivity contribution < 1.29 is 13.2 Å². The molecule has 0 saturated carbocycles. The number of para-hydroxylation sites is 1. The van der Waals surface area contributed by atoms with E-state index in [1.165, 1.54) is 17.6 Å². The highest BCUT2D eigenvalue weighted by molar-refractivity contribution is 7.99. The van der Waals surface area contributed by atoms with Gasteiger partial charge in [-0.2, -0.15) is 0 Å². The Morgan fingerprint density at radius 3 is 2.40 bits per heavy atom. The van der Waals surface area contributed by atoms with Crippen LogP contribution >= 0.6 is 47.1 Å². The summed E-state index contributed by atoms with van der Waals surface area (Å²) in [6.07, 6.45) is 2.31. The van der Waals surface area contributed by atoms with Gasteiger partial charge in [-0.15, -0.1) is 24.2 Å². The zero-order valence-electron chi connectivity index (χ0n) is 20.1. The van der Waals surface area contributed by atoms with Crippen LogP contribution in [0.3, 0.4) is 0 Å². The van der Waals surface area contributed by atoms with Crippen LogP contribution in [0.5, 0.6) is 0 Å². The standard InChI is InChI=1S/C24H30ClN3O3S3.ClH/c1-4-27(5-2)15-16-28(22(29)10-7-17-32-19-13-11-18(25)12-14-19)24-26-23-20(33-24)8-6-9-21(23)34(3,30)31;/h6,8-9,11-14H,4-5,7,10,15-17H2,1-3H3;1H. The van der Waals surface area contributed by atoms with Crippen molar-refractivity contribution in [3.05, 3.63) is 47.5 Å². The number of carbonyl (C=O) groups is 1. The number of anilines is 1. The lowest BCUT2D eigenvalue weighted by Gasteiger charge is -2.24. The smallest absolute Gasteiger partial charge is 0.228 e. The molecule has 1 amide bonds. The van der Waals surface area contributed by atoms with E-state index in [2.05, 4.69) is 23.7 Å². The predicted molar refractivity (Wildman–Crippen MR) is 152 cm³/mol. The molecule has 0 radical (unpaired) electrons. The minimum absolute atomic E-state index is 0. The quantitative estimate of drug-likeness (QED) is 0.194. The number of hydrogen-bond acceptors (Lipinski definition) is 7. The number of hydrogen-bond donors (Lipinski definition) is 0. The summed E-state index contributed by atoms with van der Waals surface area (Å²) < 4.78 is 25.2. The molecular formula is C24H31Cl2N3O3S3. The van der Waals surface area contributed by atoms with Crippen molar-refractivity contribution in [1.29, 1.82) is 0 Å². The van der Waals surface area contributed by atoms with Crippen molar-refractivity contribution in [3.8, 4) is 0 Å². The number of amides is 1. The molecule has 3 aromatic rings. The summed E-state index contributed by atoms with van der Waals surface area (Å²) in [5, 5.41) is 1.26. The van der Waals surface area contributed by atoms with Gasteiger partial charge in [-0.05, 0) is 61.7 Å². The minimum Gasteiger partial charge on any atom is -0.302 e. The van der Waals surface area contributed by atoms with Crippen LogP contribution in [0.4, 0.5) is 5.13 Å². The molecule has 2 aromatic carbocycles. The summed E-state index contributed by atoms with van der Waals surface area (Å²) in [5.41, 5.74) is 0.434. The molecule has 192 valence electrons. The number of thiazole rings is 1. The van der Waals surface area contributed by atoms with Gasteiger partial charge in [0.1, 0.15) is 5.52 Å². The molecule has 0 atom stereocenters. The fourth-order valence-corrected chi connectivity index (χ4v) is 6.43. The number of benzene rings is 2. The first kappa shape index (κ1) is 29.9. The van der Waals surface area contributed by atoms with E-state index in [0.717, 1.165) is 41.4 Å². The molecule has 0 aliphatic heterocycles. The summed E-state index contributed by atoms with van der Waals surface area (Å²) >= 11 is 9.00. The third-order valence-electron chi connectivity index (χ3n) is 5.45. The summed E-state index contributed by atoms with van der Waals surface area (Å²) in [4.78, 5) is 23.2. The minimum atomic E-state index is -3.42. The van der Waals surface area contributed by atoms with Gasteiger partial charge in [0.05, 0.1) is 9.60 Å². The lowest BCUT2D eigenvalue weighted by Crippen LogP contribution is -2.38. The number of sulfone groups is 1. The molecule has 0 fully saturated rings. The predicted octanol–water partition coefficient (Wildman–Crippen LogP) is 6.02. The van der Waals surface area contributed by atoms with Crippen LogP contribution in [0.15, 0.2) is 52.3 Å². The van der Waals surface area contributed by atoms with Gasteiger partial charge < -0.3 is 4.90 Å². The molecule has 0 spiro atoms. The average Bonchev–Trinajstić information content (AvgIpc) is 3.23. The highest BCUT2D eigenvalue weighted by Crippen LogP contribution is 2.33. The number of nitrogens with zero attached hydrogens (tertiary/aromatic N) is 3. The van der Waals surface area contributed by atoms with E-state index in [9.17, 15) is 13.2 Å². The summed E-state index contributed by atoms with van der Waals surface area (Å²) in [7, 11) is -3.42. The number of halogens is 2. The molecule has 11 heteroatoms. The lowest BCUT2D eigenvalue weighted by molar-refractivity contribution is -0.118. The van der Waals surface area contributed by atoms with Crippen molar-refractivity contribution in [3.63, 3.8) is 0 Å². The normalized spacial score (nSPS) is 11.6. The van der Waals surface area contributed by atoms with Crippen molar-refractivity contribution in [2.45, 2.75) is 36.5 Å². The van der Waals surface area contributed by atoms with Crippen LogP contribution < -0.4 is 4.90 Å². The number of likely N-dealkylation sites (N-methyl/N-ethyl adjacent to an activating group) is 1. The third kappa shape index (κ3) is 8.33. The van der Waals surface area contributed by atoms with E-state index in [0.29, 0.717) is 28.6 Å². The Labute approximate surface area is 227 Å². The van der Waals surface area contributed by atoms with Crippen molar-refractivity contribution in [2.75, 3.05) is 43.1 Å². The van der Waals surface area contributed by atoms with Crippen LogP contribution in [0.25, 0.3) is 10.2 Å². The van der Waals surface area contributed by atoms with Gasteiger partial charge in [-0.1, -0.05) is 42.9 Å². The van der Waals surface area contributed by atoms with Crippen LogP contribution in [0.2, 0.25) is 5.02 Å². The highest BCUT2D eigenvalue weighted by atomic mass is 35.5. The Kier molecular flexibility index (Phi) is 11.8. The van der Waals surface area contributed by atoms with Gasteiger partial charge in [0.15, 0.2) is 15.0 Å². The van der Waals surface area contributed by atoms with E-state index in [1.807, 2.05) is 30.3 Å². The molecule has 0 N–H and O–H groups in total. The molecule has 0 unspecified atom stereocenters. The molecule has 0 saturated heterocycles. The summed E-state index contributed by atoms with van der Waals surface area (Å²) in [5.74, 6) is 0.818.